The predicted octanol–water partition coefficient (Wildman–Crippen LogP) is 5.86. The predicted molar refractivity (Wildman–Crippen MR) is 116 cm³/mol. The Hall–Kier alpha value is -2.79. The van der Waals surface area contributed by atoms with Gasteiger partial charge in [-0.2, -0.15) is 0 Å². The maximum atomic E-state index is 6.09. The summed E-state index contributed by atoms with van der Waals surface area (Å²) in [4.78, 5) is 18.2. The first-order valence-corrected chi connectivity index (χ1v) is 9.76. The van der Waals surface area contributed by atoms with Crippen LogP contribution in [0.4, 0.5) is 11.5 Å². The fourth-order valence-corrected chi connectivity index (χ4v) is 2.77. The van der Waals surface area contributed by atoms with Crippen LogP contribution in [0.25, 0.3) is 11.4 Å². The zero-order valence-electron chi connectivity index (χ0n) is 16.4. The van der Waals surface area contributed by atoms with Crippen molar-refractivity contribution in [3.63, 3.8) is 0 Å². The molecule has 3 rings (SSSR count). The van der Waals surface area contributed by atoms with Crippen molar-refractivity contribution in [2.24, 2.45) is 10.9 Å². The molecule has 0 fully saturated rings. The van der Waals surface area contributed by atoms with Crippen LogP contribution in [0.5, 0.6) is 0 Å². The normalized spacial score (nSPS) is 12.3. The largest absolute Gasteiger partial charge is 0.364 e. The first-order chi connectivity index (χ1) is 13.6. The lowest BCUT2D eigenvalue weighted by Crippen LogP contribution is -2.05. The van der Waals surface area contributed by atoms with Gasteiger partial charge in [-0.25, -0.2) is 9.97 Å². The number of aryl methyl sites for hydroxylation is 1. The van der Waals surface area contributed by atoms with Gasteiger partial charge in [0.15, 0.2) is 11.6 Å². The van der Waals surface area contributed by atoms with E-state index in [-0.39, 0.29) is 0 Å². The molecule has 0 aliphatic carbocycles. The Bertz CT molecular complexity index is 956. The lowest BCUT2D eigenvalue weighted by Gasteiger charge is -2.13. The van der Waals surface area contributed by atoms with Gasteiger partial charge in [0.2, 0.25) is 0 Å². The number of nitrogens with zero attached hydrogens (tertiary/aromatic N) is 4. The number of hydrogen-bond donors (Lipinski definition) is 1. The second kappa shape index (κ2) is 9.42. The molecule has 144 valence electrons. The molecule has 0 saturated heterocycles. The third-order valence-corrected chi connectivity index (χ3v) is 4.63. The van der Waals surface area contributed by atoms with Gasteiger partial charge < -0.3 is 5.32 Å². The number of anilines is 1. The molecule has 1 N–H and O–H groups in total. The minimum Gasteiger partial charge on any atom is -0.364 e. The number of halogens is 1. The van der Waals surface area contributed by atoms with Crippen LogP contribution in [0.1, 0.15) is 31.5 Å². The standard InChI is InChI=1S/C22H24ClN5/c1-4-15(2)11-25-20-16(3)27-21(18-10-19(23)14-24-13-18)28-22(20)26-12-17-8-6-5-7-9-17/h5-11,13-15H,4,12H2,1-3H3,(H,26,27,28)/b25-11-. The number of benzene rings is 1. The molecule has 0 spiro atoms. The summed E-state index contributed by atoms with van der Waals surface area (Å²) < 4.78 is 0. The van der Waals surface area contributed by atoms with Crippen molar-refractivity contribution in [2.45, 2.75) is 33.7 Å². The van der Waals surface area contributed by atoms with Crippen molar-refractivity contribution < 1.29 is 0 Å². The zero-order valence-corrected chi connectivity index (χ0v) is 17.1. The van der Waals surface area contributed by atoms with Gasteiger partial charge in [-0.15, -0.1) is 0 Å². The number of pyridine rings is 1. The monoisotopic (exact) mass is 393 g/mol. The van der Waals surface area contributed by atoms with E-state index in [4.69, 9.17) is 16.6 Å². The van der Waals surface area contributed by atoms with Crippen molar-refractivity contribution in [3.8, 4) is 11.4 Å². The average molecular weight is 394 g/mol. The Kier molecular flexibility index (Phi) is 6.71. The highest BCUT2D eigenvalue weighted by Crippen LogP contribution is 2.30. The van der Waals surface area contributed by atoms with E-state index in [1.54, 1.807) is 12.4 Å². The molecule has 1 unspecified atom stereocenters. The molecule has 1 atom stereocenters. The van der Waals surface area contributed by atoms with E-state index in [0.29, 0.717) is 29.1 Å². The Morgan fingerprint density at radius 3 is 2.68 bits per heavy atom. The fraction of sp³-hybridized carbons (Fsp3) is 0.273. The van der Waals surface area contributed by atoms with Gasteiger partial charge in [0.25, 0.3) is 0 Å². The van der Waals surface area contributed by atoms with Crippen molar-refractivity contribution in [1.82, 2.24) is 15.0 Å². The molecule has 2 heterocycles. The van der Waals surface area contributed by atoms with E-state index in [1.807, 2.05) is 37.4 Å². The topological polar surface area (TPSA) is 63.1 Å². The molecule has 1 aromatic carbocycles. The quantitative estimate of drug-likeness (QED) is 0.510. The summed E-state index contributed by atoms with van der Waals surface area (Å²) in [7, 11) is 0. The minimum absolute atomic E-state index is 0.387. The molecule has 0 bridgehead atoms. The van der Waals surface area contributed by atoms with Gasteiger partial charge in [-0.05, 0) is 30.9 Å². The van der Waals surface area contributed by atoms with Crippen molar-refractivity contribution >= 4 is 29.3 Å². The number of aromatic nitrogens is 3. The lowest BCUT2D eigenvalue weighted by molar-refractivity contribution is 0.754. The van der Waals surface area contributed by atoms with Crippen LogP contribution in [-0.2, 0) is 6.54 Å². The molecule has 0 saturated carbocycles. The first kappa shape index (κ1) is 20.0. The Morgan fingerprint density at radius 1 is 1.18 bits per heavy atom. The van der Waals surface area contributed by atoms with Crippen LogP contribution in [0, 0.1) is 12.8 Å². The summed E-state index contributed by atoms with van der Waals surface area (Å²) >= 11 is 6.09. The van der Waals surface area contributed by atoms with Crippen LogP contribution >= 0.6 is 11.6 Å². The van der Waals surface area contributed by atoms with E-state index >= 15 is 0 Å². The summed E-state index contributed by atoms with van der Waals surface area (Å²) in [5, 5.41) is 3.97. The molecular weight excluding hydrogens is 370 g/mol. The molecule has 0 aliphatic heterocycles. The highest BCUT2D eigenvalue weighted by atomic mass is 35.5. The van der Waals surface area contributed by atoms with Crippen LogP contribution in [0.15, 0.2) is 53.8 Å². The Labute approximate surface area is 171 Å². The SMILES string of the molecule is CCC(C)/C=N\c1c(C)nc(-c2cncc(Cl)c2)nc1NCc1ccccc1. The van der Waals surface area contributed by atoms with Gasteiger partial charge in [0.05, 0.1) is 10.7 Å². The highest BCUT2D eigenvalue weighted by Gasteiger charge is 2.13. The Morgan fingerprint density at radius 2 is 1.96 bits per heavy atom. The van der Waals surface area contributed by atoms with E-state index < -0.39 is 0 Å². The summed E-state index contributed by atoms with van der Waals surface area (Å²) in [6.45, 7) is 6.88. The number of nitrogens with one attached hydrogen (secondary N) is 1. The third-order valence-electron chi connectivity index (χ3n) is 4.43. The second-order valence-electron chi connectivity index (χ2n) is 6.72. The molecule has 0 amide bonds. The number of hydrogen-bond acceptors (Lipinski definition) is 5. The summed E-state index contributed by atoms with van der Waals surface area (Å²) in [6.07, 6.45) is 6.30. The van der Waals surface area contributed by atoms with Gasteiger partial charge >= 0.3 is 0 Å². The van der Waals surface area contributed by atoms with Gasteiger partial charge in [-0.3, -0.25) is 9.98 Å². The zero-order chi connectivity index (χ0) is 19.9. The summed E-state index contributed by atoms with van der Waals surface area (Å²) in [5.41, 5.74) is 3.51. The third kappa shape index (κ3) is 5.14. The minimum atomic E-state index is 0.387. The van der Waals surface area contributed by atoms with Gasteiger partial charge in [-0.1, -0.05) is 55.8 Å². The molecule has 0 radical (unpaired) electrons. The lowest BCUT2D eigenvalue weighted by atomic mass is 10.1. The van der Waals surface area contributed by atoms with Crippen LogP contribution in [0.2, 0.25) is 5.02 Å². The molecular formula is C22H24ClN5. The average Bonchev–Trinajstić information content (AvgIpc) is 2.71. The second-order valence-corrected chi connectivity index (χ2v) is 7.16. The maximum Gasteiger partial charge on any atom is 0.163 e. The molecule has 28 heavy (non-hydrogen) atoms. The molecule has 6 heteroatoms. The highest BCUT2D eigenvalue weighted by molar-refractivity contribution is 6.30. The van der Waals surface area contributed by atoms with Crippen LogP contribution in [-0.4, -0.2) is 21.2 Å². The van der Waals surface area contributed by atoms with Crippen LogP contribution < -0.4 is 5.32 Å². The first-order valence-electron chi connectivity index (χ1n) is 9.38. The van der Waals surface area contributed by atoms with Gasteiger partial charge in [0, 0.05) is 30.7 Å². The van der Waals surface area contributed by atoms with E-state index in [0.717, 1.165) is 23.4 Å². The van der Waals surface area contributed by atoms with Gasteiger partial charge in [0.1, 0.15) is 5.69 Å². The maximum absolute atomic E-state index is 6.09. The molecule has 0 aliphatic rings. The summed E-state index contributed by atoms with van der Waals surface area (Å²) in [6, 6.07) is 12.0. The molecule has 3 aromatic rings. The molecule has 5 nitrogen and oxygen atoms in total. The fourth-order valence-electron chi connectivity index (χ4n) is 2.60. The van der Waals surface area contributed by atoms with Crippen molar-refractivity contribution in [1.29, 1.82) is 0 Å². The van der Waals surface area contributed by atoms with Crippen molar-refractivity contribution in [3.05, 3.63) is 65.1 Å². The van der Waals surface area contributed by atoms with Crippen molar-refractivity contribution in [2.75, 3.05) is 5.32 Å². The summed E-state index contributed by atoms with van der Waals surface area (Å²) in [5.74, 6) is 1.66. The van der Waals surface area contributed by atoms with Crippen LogP contribution in [0.3, 0.4) is 0 Å². The van der Waals surface area contributed by atoms with E-state index in [2.05, 4.69) is 46.3 Å². The number of rotatable bonds is 7. The van der Waals surface area contributed by atoms with E-state index in [1.165, 1.54) is 5.56 Å². The molecule has 2 aromatic heterocycles. The smallest absolute Gasteiger partial charge is 0.163 e. The Balaban J connectivity index is 1.99. The number of aliphatic imine (C=N–C) groups is 1. The van der Waals surface area contributed by atoms with E-state index in [9.17, 15) is 0 Å².